The van der Waals surface area contributed by atoms with Crippen molar-refractivity contribution in [1.82, 2.24) is 9.80 Å². The molecule has 6 heteroatoms. The van der Waals surface area contributed by atoms with Crippen molar-refractivity contribution in [2.45, 2.75) is 51.4 Å². The van der Waals surface area contributed by atoms with Crippen LogP contribution in [0, 0.1) is 0 Å². The van der Waals surface area contributed by atoms with Gasteiger partial charge in [0.1, 0.15) is 5.60 Å². The van der Waals surface area contributed by atoms with Crippen molar-refractivity contribution >= 4 is 6.09 Å². The molecular weight excluding hydrogens is 374 g/mol. The van der Waals surface area contributed by atoms with Crippen molar-refractivity contribution in [3.63, 3.8) is 0 Å². The van der Waals surface area contributed by atoms with Crippen LogP contribution in [0.25, 0.3) is 0 Å². The average molecular weight is 402 g/mol. The molecule has 156 valence electrons. The number of likely N-dealkylation sites (tertiary alicyclic amines) is 1. The minimum atomic E-state index is -3.03. The summed E-state index contributed by atoms with van der Waals surface area (Å²) in [4.78, 5) is 15.3. The molecule has 1 unspecified atom stereocenters. The van der Waals surface area contributed by atoms with E-state index in [4.69, 9.17) is 4.74 Å². The summed E-state index contributed by atoms with van der Waals surface area (Å²) in [5.41, 5.74) is 1.18. The van der Waals surface area contributed by atoms with Crippen LogP contribution in [0.1, 0.15) is 31.9 Å². The molecule has 0 radical (unpaired) electrons. The van der Waals surface area contributed by atoms with Crippen LogP contribution in [0.5, 0.6) is 0 Å². The van der Waals surface area contributed by atoms with E-state index >= 15 is 8.78 Å². The molecule has 0 aliphatic carbocycles. The van der Waals surface area contributed by atoms with Gasteiger partial charge in [0.15, 0.2) is 0 Å². The Bertz CT molecular complexity index is 765. The van der Waals surface area contributed by atoms with E-state index in [1.165, 1.54) is 0 Å². The number of carbonyl (C=O) groups excluding carboxylic acids is 1. The number of alkyl halides is 2. The molecule has 3 rings (SSSR count). The van der Waals surface area contributed by atoms with Gasteiger partial charge >= 0.3 is 6.09 Å². The Hall–Kier alpha value is -2.47. The number of amides is 1. The maximum absolute atomic E-state index is 15.0. The molecule has 1 heterocycles. The summed E-state index contributed by atoms with van der Waals surface area (Å²) in [6.45, 7) is 5.24. The van der Waals surface area contributed by atoms with Gasteiger partial charge in [0.25, 0.3) is 5.92 Å². The fraction of sp³-hybridized carbons (Fsp3) is 0.435. The van der Waals surface area contributed by atoms with Crippen LogP contribution in [0.2, 0.25) is 0 Å². The normalized spacial score (nSPS) is 18.8. The molecule has 0 saturated carbocycles. The second kappa shape index (κ2) is 8.49. The van der Waals surface area contributed by atoms with E-state index in [1.807, 2.05) is 60.7 Å². The Balaban J connectivity index is 1.82. The Labute approximate surface area is 171 Å². The van der Waals surface area contributed by atoms with E-state index in [1.54, 1.807) is 25.7 Å². The highest BCUT2D eigenvalue weighted by molar-refractivity contribution is 5.69. The summed E-state index contributed by atoms with van der Waals surface area (Å²) in [5.74, 6) is -3.03. The number of halogens is 2. The molecule has 0 bridgehead atoms. The SMILES string of the molecule is CC(C)(C)OC(=O)N1CC(N(Cc2ccccc2)Cc2ccccc2)C(F)(F)C1. The first kappa shape index (κ1) is 21.2. The molecule has 0 N–H and O–H groups in total. The highest BCUT2D eigenvalue weighted by Crippen LogP contribution is 2.34. The van der Waals surface area contributed by atoms with Crippen LogP contribution in [-0.4, -0.2) is 46.5 Å². The first-order valence-corrected chi connectivity index (χ1v) is 9.82. The topological polar surface area (TPSA) is 32.8 Å². The molecule has 0 aromatic heterocycles. The van der Waals surface area contributed by atoms with Crippen LogP contribution < -0.4 is 0 Å². The highest BCUT2D eigenvalue weighted by atomic mass is 19.3. The van der Waals surface area contributed by atoms with Gasteiger partial charge in [0.05, 0.1) is 12.6 Å². The van der Waals surface area contributed by atoms with Crippen molar-refractivity contribution in [1.29, 1.82) is 0 Å². The molecule has 1 fully saturated rings. The van der Waals surface area contributed by atoms with Crippen LogP contribution in [0.3, 0.4) is 0 Å². The third-order valence-electron chi connectivity index (χ3n) is 4.83. The van der Waals surface area contributed by atoms with E-state index < -0.39 is 30.2 Å². The lowest BCUT2D eigenvalue weighted by Crippen LogP contribution is -2.46. The predicted molar refractivity (Wildman–Crippen MR) is 109 cm³/mol. The minimum absolute atomic E-state index is 0.0679. The fourth-order valence-electron chi connectivity index (χ4n) is 3.53. The third-order valence-corrected chi connectivity index (χ3v) is 4.83. The lowest BCUT2D eigenvalue weighted by atomic mass is 10.1. The standard InChI is InChI=1S/C23H28F2N2O2/c1-22(2,3)29-21(28)27-16-20(23(24,25)17-27)26(14-18-10-6-4-7-11-18)15-19-12-8-5-9-13-19/h4-13,20H,14-17H2,1-3H3. The van der Waals surface area contributed by atoms with Gasteiger partial charge in [-0.05, 0) is 31.9 Å². The lowest BCUT2D eigenvalue weighted by molar-refractivity contribution is -0.0564. The quantitative estimate of drug-likeness (QED) is 0.710. The zero-order valence-electron chi connectivity index (χ0n) is 17.1. The van der Waals surface area contributed by atoms with E-state index in [0.717, 1.165) is 16.0 Å². The van der Waals surface area contributed by atoms with Crippen LogP contribution >= 0.6 is 0 Å². The van der Waals surface area contributed by atoms with Crippen molar-refractivity contribution in [2.24, 2.45) is 0 Å². The molecule has 1 atom stereocenters. The van der Waals surface area contributed by atoms with Gasteiger partial charge in [-0.2, -0.15) is 0 Å². The number of hydrogen-bond acceptors (Lipinski definition) is 3. The van der Waals surface area contributed by atoms with Crippen molar-refractivity contribution < 1.29 is 18.3 Å². The monoisotopic (exact) mass is 402 g/mol. The number of carbonyl (C=O) groups is 1. The van der Waals surface area contributed by atoms with Gasteiger partial charge in [-0.3, -0.25) is 4.90 Å². The Morgan fingerprint density at radius 1 is 1.03 bits per heavy atom. The smallest absolute Gasteiger partial charge is 0.410 e. The number of hydrogen-bond donors (Lipinski definition) is 0. The molecule has 1 aliphatic rings. The number of ether oxygens (including phenoxy) is 1. The number of rotatable bonds is 5. The highest BCUT2D eigenvalue weighted by Gasteiger charge is 2.52. The largest absolute Gasteiger partial charge is 0.444 e. The number of benzene rings is 2. The minimum Gasteiger partial charge on any atom is -0.444 e. The van der Waals surface area contributed by atoms with Crippen LogP contribution in [-0.2, 0) is 17.8 Å². The Morgan fingerprint density at radius 3 is 1.97 bits per heavy atom. The van der Waals surface area contributed by atoms with Gasteiger partial charge in [-0.25, -0.2) is 13.6 Å². The predicted octanol–water partition coefficient (Wildman–Crippen LogP) is 4.94. The van der Waals surface area contributed by atoms with Gasteiger partial charge in [-0.1, -0.05) is 60.7 Å². The summed E-state index contributed by atoms with van der Waals surface area (Å²) >= 11 is 0. The molecule has 1 saturated heterocycles. The summed E-state index contributed by atoms with van der Waals surface area (Å²) in [7, 11) is 0. The Morgan fingerprint density at radius 2 is 1.52 bits per heavy atom. The molecule has 4 nitrogen and oxygen atoms in total. The maximum atomic E-state index is 15.0. The van der Waals surface area contributed by atoms with Gasteiger partial charge in [-0.15, -0.1) is 0 Å². The Kier molecular flexibility index (Phi) is 6.22. The fourth-order valence-corrected chi connectivity index (χ4v) is 3.53. The molecule has 1 aliphatic heterocycles. The van der Waals surface area contributed by atoms with E-state index in [2.05, 4.69) is 0 Å². The lowest BCUT2D eigenvalue weighted by Gasteiger charge is -2.32. The zero-order valence-corrected chi connectivity index (χ0v) is 17.1. The second-order valence-electron chi connectivity index (χ2n) is 8.51. The van der Waals surface area contributed by atoms with Crippen molar-refractivity contribution in [3.05, 3.63) is 71.8 Å². The van der Waals surface area contributed by atoms with Crippen molar-refractivity contribution in [2.75, 3.05) is 13.1 Å². The molecular formula is C23H28F2N2O2. The van der Waals surface area contributed by atoms with Crippen LogP contribution in [0.15, 0.2) is 60.7 Å². The maximum Gasteiger partial charge on any atom is 0.410 e. The van der Waals surface area contributed by atoms with Gasteiger partial charge in [0, 0.05) is 19.6 Å². The number of nitrogens with zero attached hydrogens (tertiary/aromatic N) is 2. The molecule has 29 heavy (non-hydrogen) atoms. The molecule has 2 aromatic carbocycles. The molecule has 2 aromatic rings. The van der Waals surface area contributed by atoms with Crippen LogP contribution in [0.4, 0.5) is 13.6 Å². The first-order chi connectivity index (χ1) is 13.6. The van der Waals surface area contributed by atoms with E-state index in [-0.39, 0.29) is 6.54 Å². The second-order valence-corrected chi connectivity index (χ2v) is 8.51. The van der Waals surface area contributed by atoms with Gasteiger partial charge < -0.3 is 9.64 Å². The molecule has 1 amide bonds. The van der Waals surface area contributed by atoms with E-state index in [0.29, 0.717) is 13.1 Å². The van der Waals surface area contributed by atoms with E-state index in [9.17, 15) is 4.79 Å². The summed E-state index contributed by atoms with van der Waals surface area (Å²) in [6.07, 6.45) is -0.695. The first-order valence-electron chi connectivity index (χ1n) is 9.82. The third kappa shape index (κ3) is 5.76. The average Bonchev–Trinajstić information content (AvgIpc) is 2.97. The molecule has 0 spiro atoms. The van der Waals surface area contributed by atoms with Crippen molar-refractivity contribution in [3.8, 4) is 0 Å². The summed E-state index contributed by atoms with van der Waals surface area (Å²) in [5, 5.41) is 0. The zero-order chi connectivity index (χ0) is 21.1. The van der Waals surface area contributed by atoms with Gasteiger partial charge in [0.2, 0.25) is 0 Å². The summed E-state index contributed by atoms with van der Waals surface area (Å²) in [6, 6.07) is 18.0. The summed E-state index contributed by atoms with van der Waals surface area (Å²) < 4.78 is 35.3.